The number of aryl methyl sites for hydroxylation is 2. The first-order valence-corrected chi connectivity index (χ1v) is 11.3. The average molecular weight is 411 g/mol. The molecule has 0 aliphatic carbocycles. The van der Waals surface area contributed by atoms with Crippen LogP contribution in [0, 0.1) is 20.8 Å². The van der Waals surface area contributed by atoms with E-state index in [-0.39, 0.29) is 0 Å². The standard InChI is InChI=1S/C22H26N4O2S/c1-17-9-11-21(12-10-17)26-19(3)22(18(2)23-26)29(27,28)25-15-13-24(14-16-25)20-7-5-4-6-8-20/h4-12H,13-16H2,1-3H3. The van der Waals surface area contributed by atoms with Gasteiger partial charge in [-0.05, 0) is 45.0 Å². The van der Waals surface area contributed by atoms with Crippen LogP contribution in [0.3, 0.4) is 0 Å². The Hall–Kier alpha value is -2.64. The monoisotopic (exact) mass is 410 g/mol. The van der Waals surface area contributed by atoms with E-state index in [0.717, 1.165) is 16.9 Å². The van der Waals surface area contributed by atoms with E-state index in [9.17, 15) is 8.42 Å². The highest BCUT2D eigenvalue weighted by molar-refractivity contribution is 7.89. The third-order valence-electron chi connectivity index (χ3n) is 5.46. The predicted octanol–water partition coefficient (Wildman–Crippen LogP) is 3.31. The molecular weight excluding hydrogens is 384 g/mol. The number of piperazine rings is 1. The van der Waals surface area contributed by atoms with Crippen molar-refractivity contribution in [3.05, 3.63) is 71.5 Å². The van der Waals surface area contributed by atoms with E-state index < -0.39 is 10.0 Å². The summed E-state index contributed by atoms with van der Waals surface area (Å²) < 4.78 is 30.2. The van der Waals surface area contributed by atoms with Crippen LogP contribution in [0.2, 0.25) is 0 Å². The van der Waals surface area contributed by atoms with Crippen LogP contribution in [0.4, 0.5) is 5.69 Å². The molecule has 0 radical (unpaired) electrons. The lowest BCUT2D eigenvalue weighted by atomic mass is 10.2. The van der Waals surface area contributed by atoms with Crippen molar-refractivity contribution in [2.24, 2.45) is 0 Å². The van der Waals surface area contributed by atoms with Gasteiger partial charge in [-0.2, -0.15) is 9.40 Å². The molecule has 29 heavy (non-hydrogen) atoms. The van der Waals surface area contributed by atoms with Crippen LogP contribution < -0.4 is 4.90 Å². The quantitative estimate of drug-likeness (QED) is 0.662. The normalized spacial score (nSPS) is 15.6. The summed E-state index contributed by atoms with van der Waals surface area (Å²) in [5.74, 6) is 0. The molecule has 0 bridgehead atoms. The van der Waals surface area contributed by atoms with Crippen LogP contribution in [-0.4, -0.2) is 48.7 Å². The number of para-hydroxylation sites is 1. The van der Waals surface area contributed by atoms with Gasteiger partial charge in [0.1, 0.15) is 4.90 Å². The summed E-state index contributed by atoms with van der Waals surface area (Å²) >= 11 is 0. The smallest absolute Gasteiger partial charge is 0.246 e. The van der Waals surface area contributed by atoms with Gasteiger partial charge in [-0.15, -0.1) is 0 Å². The Morgan fingerprint density at radius 1 is 0.793 bits per heavy atom. The van der Waals surface area contributed by atoms with Gasteiger partial charge in [-0.1, -0.05) is 35.9 Å². The van der Waals surface area contributed by atoms with E-state index in [1.165, 1.54) is 0 Å². The topological polar surface area (TPSA) is 58.4 Å². The Morgan fingerprint density at radius 2 is 1.41 bits per heavy atom. The average Bonchev–Trinajstić information content (AvgIpc) is 3.04. The Balaban J connectivity index is 1.59. The molecule has 4 rings (SSSR count). The first-order valence-electron chi connectivity index (χ1n) is 9.81. The van der Waals surface area contributed by atoms with Crippen LogP contribution in [0.15, 0.2) is 59.5 Å². The van der Waals surface area contributed by atoms with Crippen molar-refractivity contribution in [1.29, 1.82) is 0 Å². The van der Waals surface area contributed by atoms with Gasteiger partial charge in [0, 0.05) is 31.9 Å². The highest BCUT2D eigenvalue weighted by Gasteiger charge is 2.33. The van der Waals surface area contributed by atoms with Gasteiger partial charge in [-0.3, -0.25) is 0 Å². The van der Waals surface area contributed by atoms with Crippen molar-refractivity contribution in [1.82, 2.24) is 14.1 Å². The lowest BCUT2D eigenvalue weighted by Gasteiger charge is -2.35. The van der Waals surface area contributed by atoms with Gasteiger partial charge in [0.15, 0.2) is 0 Å². The summed E-state index contributed by atoms with van der Waals surface area (Å²) in [7, 11) is -3.60. The van der Waals surface area contributed by atoms with Crippen molar-refractivity contribution in [2.45, 2.75) is 25.7 Å². The second-order valence-electron chi connectivity index (χ2n) is 7.47. The van der Waals surface area contributed by atoms with Gasteiger partial charge >= 0.3 is 0 Å². The van der Waals surface area contributed by atoms with E-state index in [1.807, 2.05) is 56.3 Å². The maximum absolute atomic E-state index is 13.4. The molecular formula is C22H26N4O2S. The van der Waals surface area contributed by atoms with Crippen LogP contribution in [0.5, 0.6) is 0 Å². The molecule has 6 nitrogen and oxygen atoms in total. The molecule has 0 unspecified atom stereocenters. The van der Waals surface area contributed by atoms with Crippen LogP contribution in [0.25, 0.3) is 5.69 Å². The van der Waals surface area contributed by atoms with Crippen LogP contribution >= 0.6 is 0 Å². The van der Waals surface area contributed by atoms with Crippen molar-refractivity contribution >= 4 is 15.7 Å². The number of aromatic nitrogens is 2. The third-order valence-corrected chi connectivity index (χ3v) is 7.61. The summed E-state index contributed by atoms with van der Waals surface area (Å²) in [5.41, 5.74) is 4.33. The summed E-state index contributed by atoms with van der Waals surface area (Å²) in [5, 5.41) is 4.53. The van der Waals surface area contributed by atoms with E-state index in [2.05, 4.69) is 22.1 Å². The molecule has 0 N–H and O–H groups in total. The number of rotatable bonds is 4. The summed E-state index contributed by atoms with van der Waals surface area (Å²) in [6.07, 6.45) is 0. The van der Waals surface area contributed by atoms with E-state index in [1.54, 1.807) is 15.9 Å². The molecule has 7 heteroatoms. The zero-order valence-corrected chi connectivity index (χ0v) is 17.9. The SMILES string of the molecule is Cc1ccc(-n2nc(C)c(S(=O)(=O)N3CCN(c4ccccc4)CC3)c2C)cc1. The molecule has 1 aliphatic rings. The van der Waals surface area contributed by atoms with Gasteiger partial charge < -0.3 is 4.90 Å². The zero-order valence-electron chi connectivity index (χ0n) is 17.0. The minimum absolute atomic E-state index is 0.325. The molecule has 3 aromatic rings. The third kappa shape index (κ3) is 3.68. The highest BCUT2D eigenvalue weighted by Crippen LogP contribution is 2.27. The van der Waals surface area contributed by atoms with Gasteiger partial charge in [0.25, 0.3) is 0 Å². The maximum Gasteiger partial charge on any atom is 0.246 e. The Labute approximate surface area is 172 Å². The summed E-state index contributed by atoms with van der Waals surface area (Å²) in [6, 6.07) is 18.0. The molecule has 0 spiro atoms. The number of nitrogens with zero attached hydrogens (tertiary/aromatic N) is 4. The zero-order chi connectivity index (χ0) is 20.6. The molecule has 1 saturated heterocycles. The van der Waals surface area contributed by atoms with Gasteiger partial charge in [0.2, 0.25) is 10.0 Å². The minimum atomic E-state index is -3.60. The molecule has 152 valence electrons. The van der Waals surface area contributed by atoms with Crippen molar-refractivity contribution in [2.75, 3.05) is 31.1 Å². The van der Waals surface area contributed by atoms with Crippen LogP contribution in [0.1, 0.15) is 17.0 Å². The Kier molecular flexibility index (Phi) is 5.19. The first kappa shape index (κ1) is 19.7. The first-order chi connectivity index (χ1) is 13.9. The summed E-state index contributed by atoms with van der Waals surface area (Å²) in [4.78, 5) is 2.55. The lowest BCUT2D eigenvalue weighted by molar-refractivity contribution is 0.384. The minimum Gasteiger partial charge on any atom is -0.369 e. The fourth-order valence-electron chi connectivity index (χ4n) is 3.89. The van der Waals surface area contributed by atoms with Crippen molar-refractivity contribution in [3.8, 4) is 5.69 Å². The van der Waals surface area contributed by atoms with Gasteiger partial charge in [-0.25, -0.2) is 13.1 Å². The number of sulfonamides is 1. The summed E-state index contributed by atoms with van der Waals surface area (Å²) in [6.45, 7) is 7.90. The lowest BCUT2D eigenvalue weighted by Crippen LogP contribution is -2.48. The van der Waals surface area contributed by atoms with E-state index >= 15 is 0 Å². The molecule has 1 fully saturated rings. The van der Waals surface area contributed by atoms with Crippen molar-refractivity contribution < 1.29 is 8.42 Å². The van der Waals surface area contributed by atoms with Gasteiger partial charge in [0.05, 0.1) is 17.1 Å². The predicted molar refractivity (Wildman–Crippen MR) is 115 cm³/mol. The van der Waals surface area contributed by atoms with Crippen molar-refractivity contribution in [3.63, 3.8) is 0 Å². The fraction of sp³-hybridized carbons (Fsp3) is 0.318. The molecule has 0 amide bonds. The number of benzene rings is 2. The Bertz CT molecular complexity index is 1100. The number of anilines is 1. The molecule has 2 heterocycles. The van der Waals surface area contributed by atoms with E-state index in [4.69, 9.17) is 0 Å². The second kappa shape index (κ2) is 7.65. The molecule has 1 aromatic heterocycles. The number of hydrogen-bond donors (Lipinski definition) is 0. The molecule has 2 aromatic carbocycles. The fourth-order valence-corrected chi connectivity index (χ4v) is 5.67. The maximum atomic E-state index is 13.4. The highest BCUT2D eigenvalue weighted by atomic mass is 32.2. The largest absolute Gasteiger partial charge is 0.369 e. The second-order valence-corrected chi connectivity index (χ2v) is 9.35. The Morgan fingerprint density at radius 3 is 2.03 bits per heavy atom. The van der Waals surface area contributed by atoms with E-state index in [0.29, 0.717) is 42.5 Å². The molecule has 0 atom stereocenters. The van der Waals surface area contributed by atoms with Crippen LogP contribution in [-0.2, 0) is 10.0 Å². The molecule has 1 aliphatic heterocycles. The molecule has 0 saturated carbocycles. The number of hydrogen-bond acceptors (Lipinski definition) is 4.